The van der Waals surface area contributed by atoms with Crippen LogP contribution in [0.25, 0.3) is 0 Å². The number of hydrogen-bond acceptors (Lipinski definition) is 4. The van der Waals surface area contributed by atoms with E-state index in [2.05, 4.69) is 49.9 Å². The first-order valence-corrected chi connectivity index (χ1v) is 10.00. The standard InChI is InChI=1S/C20H41N3O2/c1-9-19(5)13-12-16(3)20(6,10-2)23(19)25-17(4)18(24)21-14-11-15-22(7)8/h16-17H,9-15H2,1-8H3,(H,21,24). The lowest BCUT2D eigenvalue weighted by Gasteiger charge is -2.57. The second-order valence-electron chi connectivity index (χ2n) is 8.49. The molecule has 5 heteroatoms. The van der Waals surface area contributed by atoms with Crippen LogP contribution in [0.2, 0.25) is 0 Å². The fraction of sp³-hybridized carbons (Fsp3) is 0.950. The summed E-state index contributed by atoms with van der Waals surface area (Å²) in [6, 6.07) is 0. The third-order valence-electron chi connectivity index (χ3n) is 6.32. The third kappa shape index (κ3) is 5.41. The van der Waals surface area contributed by atoms with E-state index >= 15 is 0 Å². The third-order valence-corrected chi connectivity index (χ3v) is 6.32. The van der Waals surface area contributed by atoms with Crippen LogP contribution in [0.5, 0.6) is 0 Å². The summed E-state index contributed by atoms with van der Waals surface area (Å²) in [6.07, 6.45) is 4.83. The van der Waals surface area contributed by atoms with Crippen molar-refractivity contribution in [3.05, 3.63) is 0 Å². The van der Waals surface area contributed by atoms with Gasteiger partial charge in [-0.05, 0) is 79.4 Å². The van der Waals surface area contributed by atoms with Crippen molar-refractivity contribution in [3.8, 4) is 0 Å². The van der Waals surface area contributed by atoms with Crippen molar-refractivity contribution in [1.29, 1.82) is 0 Å². The maximum absolute atomic E-state index is 12.5. The highest BCUT2D eigenvalue weighted by molar-refractivity contribution is 5.80. The molecule has 25 heavy (non-hydrogen) atoms. The van der Waals surface area contributed by atoms with E-state index in [1.54, 1.807) is 0 Å². The molecule has 148 valence electrons. The fourth-order valence-electron chi connectivity index (χ4n) is 3.77. The molecule has 0 bridgehead atoms. The van der Waals surface area contributed by atoms with Gasteiger partial charge in [0.05, 0.1) is 0 Å². The number of nitrogens with zero attached hydrogens (tertiary/aromatic N) is 2. The average molecular weight is 356 g/mol. The minimum Gasteiger partial charge on any atom is -0.354 e. The van der Waals surface area contributed by atoms with Crippen LogP contribution in [0.3, 0.4) is 0 Å². The molecule has 1 N–H and O–H groups in total. The zero-order chi connectivity index (χ0) is 19.3. The van der Waals surface area contributed by atoms with Gasteiger partial charge in [-0.1, -0.05) is 20.8 Å². The molecule has 0 aromatic rings. The number of carbonyl (C=O) groups excluding carboxylic acids is 1. The molecule has 0 saturated carbocycles. The lowest BCUT2D eigenvalue weighted by Crippen LogP contribution is -2.65. The summed E-state index contributed by atoms with van der Waals surface area (Å²) in [6.45, 7) is 14.8. The van der Waals surface area contributed by atoms with Gasteiger partial charge >= 0.3 is 0 Å². The van der Waals surface area contributed by atoms with E-state index in [9.17, 15) is 4.79 Å². The Morgan fingerprint density at radius 2 is 1.96 bits per heavy atom. The quantitative estimate of drug-likeness (QED) is 0.644. The maximum Gasteiger partial charge on any atom is 0.250 e. The van der Waals surface area contributed by atoms with Crippen molar-refractivity contribution < 1.29 is 9.63 Å². The second-order valence-corrected chi connectivity index (χ2v) is 8.49. The molecule has 4 unspecified atom stereocenters. The summed E-state index contributed by atoms with van der Waals surface area (Å²) in [7, 11) is 4.09. The number of nitrogens with one attached hydrogen (secondary N) is 1. The van der Waals surface area contributed by atoms with Crippen LogP contribution < -0.4 is 5.32 Å². The first-order valence-electron chi connectivity index (χ1n) is 10.00. The number of carbonyl (C=O) groups is 1. The Hall–Kier alpha value is -0.650. The van der Waals surface area contributed by atoms with E-state index < -0.39 is 6.10 Å². The van der Waals surface area contributed by atoms with E-state index in [-0.39, 0.29) is 17.0 Å². The number of hydroxylamine groups is 2. The first kappa shape index (κ1) is 22.4. The highest BCUT2D eigenvalue weighted by Crippen LogP contribution is 2.45. The van der Waals surface area contributed by atoms with Gasteiger partial charge in [0, 0.05) is 17.6 Å². The molecule has 1 rings (SSSR count). The van der Waals surface area contributed by atoms with Gasteiger partial charge in [-0.2, -0.15) is 5.06 Å². The number of piperidine rings is 1. The Morgan fingerprint density at radius 1 is 1.32 bits per heavy atom. The molecule has 0 aromatic heterocycles. The van der Waals surface area contributed by atoms with Crippen LogP contribution in [0.15, 0.2) is 0 Å². The molecular weight excluding hydrogens is 314 g/mol. The molecule has 0 spiro atoms. The van der Waals surface area contributed by atoms with Crippen LogP contribution >= 0.6 is 0 Å². The summed E-state index contributed by atoms with van der Waals surface area (Å²) in [5.74, 6) is 0.529. The van der Waals surface area contributed by atoms with Crippen molar-refractivity contribution in [3.63, 3.8) is 0 Å². The zero-order valence-corrected chi connectivity index (χ0v) is 17.8. The predicted octanol–water partition coefficient (Wildman–Crippen LogP) is 3.44. The molecule has 1 saturated heterocycles. The van der Waals surface area contributed by atoms with Crippen LogP contribution in [-0.2, 0) is 9.63 Å². The van der Waals surface area contributed by atoms with Gasteiger partial charge in [0.2, 0.25) is 0 Å². The van der Waals surface area contributed by atoms with Gasteiger partial charge in [-0.3, -0.25) is 9.63 Å². The van der Waals surface area contributed by atoms with Gasteiger partial charge in [0.1, 0.15) is 0 Å². The van der Waals surface area contributed by atoms with Crippen LogP contribution in [-0.4, -0.2) is 60.2 Å². The molecule has 1 heterocycles. The minimum atomic E-state index is -0.471. The lowest BCUT2D eigenvalue weighted by molar-refractivity contribution is -0.316. The fourth-order valence-corrected chi connectivity index (χ4v) is 3.77. The van der Waals surface area contributed by atoms with Crippen molar-refractivity contribution in [2.45, 2.75) is 90.8 Å². The molecule has 0 aromatic carbocycles. The van der Waals surface area contributed by atoms with E-state index in [1.165, 1.54) is 6.42 Å². The summed E-state index contributed by atoms with van der Waals surface area (Å²) in [4.78, 5) is 20.9. The van der Waals surface area contributed by atoms with Gasteiger partial charge in [0.25, 0.3) is 5.91 Å². The second kappa shape index (κ2) is 9.33. The van der Waals surface area contributed by atoms with E-state index in [0.717, 1.165) is 32.2 Å². The van der Waals surface area contributed by atoms with E-state index in [0.29, 0.717) is 12.5 Å². The maximum atomic E-state index is 12.5. The molecule has 0 radical (unpaired) electrons. The number of hydrogen-bond donors (Lipinski definition) is 1. The van der Waals surface area contributed by atoms with Crippen LogP contribution in [0.1, 0.15) is 73.6 Å². The summed E-state index contributed by atoms with van der Waals surface area (Å²) < 4.78 is 0. The molecule has 0 aliphatic carbocycles. The highest BCUT2D eigenvalue weighted by Gasteiger charge is 2.50. The number of rotatable bonds is 9. The predicted molar refractivity (Wildman–Crippen MR) is 104 cm³/mol. The van der Waals surface area contributed by atoms with Crippen LogP contribution in [0.4, 0.5) is 0 Å². The Balaban J connectivity index is 2.75. The Labute approximate surface area is 155 Å². The largest absolute Gasteiger partial charge is 0.354 e. The topological polar surface area (TPSA) is 44.8 Å². The van der Waals surface area contributed by atoms with E-state index in [1.807, 2.05) is 21.0 Å². The highest BCUT2D eigenvalue weighted by atomic mass is 16.7. The molecule has 1 amide bonds. The molecule has 1 aliphatic heterocycles. The van der Waals surface area contributed by atoms with Gasteiger partial charge in [-0.25, -0.2) is 0 Å². The summed E-state index contributed by atoms with van der Waals surface area (Å²) in [5, 5.41) is 5.19. The van der Waals surface area contributed by atoms with Crippen molar-refractivity contribution >= 4 is 5.91 Å². The number of amides is 1. The van der Waals surface area contributed by atoms with Crippen LogP contribution in [0, 0.1) is 5.92 Å². The van der Waals surface area contributed by atoms with Crippen molar-refractivity contribution in [1.82, 2.24) is 15.3 Å². The van der Waals surface area contributed by atoms with Crippen molar-refractivity contribution in [2.24, 2.45) is 5.92 Å². The molecule has 4 atom stereocenters. The summed E-state index contributed by atoms with van der Waals surface area (Å²) in [5.41, 5.74) is -0.0563. The molecular formula is C20H41N3O2. The zero-order valence-electron chi connectivity index (χ0n) is 17.8. The SMILES string of the molecule is CCC1(C)CCC(C)C(C)(CC)N1OC(C)C(=O)NCCCN(C)C. The molecule has 1 aliphatic rings. The van der Waals surface area contributed by atoms with Gasteiger partial charge in [0.15, 0.2) is 6.10 Å². The normalized spacial score (nSPS) is 32.0. The summed E-state index contributed by atoms with van der Waals surface area (Å²) >= 11 is 0. The lowest BCUT2D eigenvalue weighted by atomic mass is 9.71. The molecule has 5 nitrogen and oxygen atoms in total. The monoisotopic (exact) mass is 355 g/mol. The smallest absolute Gasteiger partial charge is 0.250 e. The average Bonchev–Trinajstić information content (AvgIpc) is 2.58. The molecule has 1 fully saturated rings. The van der Waals surface area contributed by atoms with Gasteiger partial charge < -0.3 is 10.2 Å². The van der Waals surface area contributed by atoms with Crippen molar-refractivity contribution in [2.75, 3.05) is 27.2 Å². The Bertz CT molecular complexity index is 429. The Kier molecular flexibility index (Phi) is 8.36. The minimum absolute atomic E-state index is 0.0171. The first-order chi connectivity index (χ1) is 11.6. The van der Waals surface area contributed by atoms with Gasteiger partial charge in [-0.15, -0.1) is 0 Å². The van der Waals surface area contributed by atoms with E-state index in [4.69, 9.17) is 4.84 Å². The Morgan fingerprint density at radius 3 is 2.48 bits per heavy atom.